The molecule has 2 saturated heterocycles. The number of benzene rings is 1. The SMILES string of the molecule is Cc1ccccc1C(=O)NC1CCN(C(=O)CN2CCOC(C(F)F)C2)CC1. The number of morpholine rings is 1. The summed E-state index contributed by atoms with van der Waals surface area (Å²) in [5, 5.41) is 3.05. The molecule has 28 heavy (non-hydrogen) atoms. The number of aryl methyl sites for hydroxylation is 1. The predicted molar refractivity (Wildman–Crippen MR) is 100 cm³/mol. The van der Waals surface area contributed by atoms with Crippen LogP contribution in [-0.4, -0.2) is 79.5 Å². The molecule has 1 atom stereocenters. The molecule has 8 heteroatoms. The summed E-state index contributed by atoms with van der Waals surface area (Å²) in [6.07, 6.45) is -2.28. The molecule has 2 heterocycles. The molecule has 0 saturated carbocycles. The van der Waals surface area contributed by atoms with Crippen molar-refractivity contribution in [3.63, 3.8) is 0 Å². The van der Waals surface area contributed by atoms with Crippen LogP contribution in [0.1, 0.15) is 28.8 Å². The highest BCUT2D eigenvalue weighted by Crippen LogP contribution is 2.15. The minimum atomic E-state index is -2.54. The van der Waals surface area contributed by atoms with Crippen molar-refractivity contribution >= 4 is 11.8 Å². The molecule has 0 bridgehead atoms. The van der Waals surface area contributed by atoms with E-state index in [1.807, 2.05) is 25.1 Å². The Labute approximate surface area is 163 Å². The van der Waals surface area contributed by atoms with E-state index in [1.165, 1.54) is 0 Å². The third kappa shape index (κ3) is 5.26. The molecule has 154 valence electrons. The van der Waals surface area contributed by atoms with Crippen LogP contribution in [0.15, 0.2) is 24.3 Å². The van der Waals surface area contributed by atoms with E-state index in [4.69, 9.17) is 4.74 Å². The number of alkyl halides is 2. The number of carbonyl (C=O) groups is 2. The summed E-state index contributed by atoms with van der Waals surface area (Å²) in [6, 6.07) is 7.48. The predicted octanol–water partition coefficient (Wildman–Crippen LogP) is 1.68. The van der Waals surface area contributed by atoms with Crippen molar-refractivity contribution in [1.29, 1.82) is 0 Å². The van der Waals surface area contributed by atoms with Gasteiger partial charge in [0.05, 0.1) is 13.2 Å². The Morgan fingerprint density at radius 3 is 2.61 bits per heavy atom. The van der Waals surface area contributed by atoms with E-state index in [0.717, 1.165) is 5.56 Å². The molecular formula is C20H27F2N3O3. The Hall–Kier alpha value is -2.06. The van der Waals surface area contributed by atoms with Gasteiger partial charge >= 0.3 is 0 Å². The van der Waals surface area contributed by atoms with Crippen LogP contribution >= 0.6 is 0 Å². The van der Waals surface area contributed by atoms with Gasteiger partial charge in [-0.15, -0.1) is 0 Å². The van der Waals surface area contributed by atoms with Gasteiger partial charge in [0.1, 0.15) is 6.10 Å². The van der Waals surface area contributed by atoms with Crippen molar-refractivity contribution in [2.24, 2.45) is 0 Å². The quantitative estimate of drug-likeness (QED) is 0.824. The zero-order chi connectivity index (χ0) is 20.1. The van der Waals surface area contributed by atoms with Gasteiger partial charge in [0.2, 0.25) is 5.91 Å². The van der Waals surface area contributed by atoms with E-state index in [1.54, 1.807) is 15.9 Å². The number of carbonyl (C=O) groups excluding carboxylic acids is 2. The van der Waals surface area contributed by atoms with Gasteiger partial charge in [-0.1, -0.05) is 18.2 Å². The Bertz CT molecular complexity index is 693. The molecule has 2 aliphatic rings. The normalized spacial score (nSPS) is 21.7. The number of ether oxygens (including phenoxy) is 1. The molecule has 1 aromatic rings. The summed E-state index contributed by atoms with van der Waals surface area (Å²) in [7, 11) is 0. The van der Waals surface area contributed by atoms with Gasteiger partial charge in [-0.25, -0.2) is 8.78 Å². The van der Waals surface area contributed by atoms with E-state index in [2.05, 4.69) is 5.32 Å². The first-order valence-corrected chi connectivity index (χ1v) is 9.70. The van der Waals surface area contributed by atoms with E-state index in [0.29, 0.717) is 38.0 Å². The van der Waals surface area contributed by atoms with Crippen LogP contribution in [0.5, 0.6) is 0 Å². The summed E-state index contributed by atoms with van der Waals surface area (Å²) < 4.78 is 30.6. The summed E-state index contributed by atoms with van der Waals surface area (Å²) in [5.41, 5.74) is 1.60. The van der Waals surface area contributed by atoms with Crippen molar-refractivity contribution in [2.75, 3.05) is 39.3 Å². The number of piperidine rings is 1. The number of amides is 2. The molecule has 0 spiro atoms. The van der Waals surface area contributed by atoms with Gasteiger partial charge in [-0.3, -0.25) is 14.5 Å². The number of nitrogens with zero attached hydrogens (tertiary/aromatic N) is 2. The second-order valence-corrected chi connectivity index (χ2v) is 7.42. The van der Waals surface area contributed by atoms with Crippen LogP contribution < -0.4 is 5.32 Å². The average Bonchev–Trinajstić information content (AvgIpc) is 2.69. The molecule has 0 aliphatic carbocycles. The smallest absolute Gasteiger partial charge is 0.265 e. The largest absolute Gasteiger partial charge is 0.370 e. The summed E-state index contributed by atoms with van der Waals surface area (Å²) in [5.74, 6) is -0.146. The maximum atomic E-state index is 12.8. The van der Waals surface area contributed by atoms with Gasteiger partial charge in [-0.2, -0.15) is 0 Å². The van der Waals surface area contributed by atoms with E-state index >= 15 is 0 Å². The van der Waals surface area contributed by atoms with Crippen molar-refractivity contribution in [2.45, 2.75) is 38.3 Å². The molecule has 3 rings (SSSR count). The van der Waals surface area contributed by atoms with Crippen LogP contribution in [0, 0.1) is 6.92 Å². The van der Waals surface area contributed by atoms with E-state index in [-0.39, 0.29) is 37.6 Å². The standard InChI is InChI=1S/C20H27F2N3O3/c1-14-4-2-3-5-16(14)20(27)23-15-6-8-25(9-7-15)18(26)13-24-10-11-28-17(12-24)19(21)22/h2-5,15,17,19H,6-13H2,1H3,(H,23,27). The fourth-order valence-electron chi connectivity index (χ4n) is 3.68. The Morgan fingerprint density at radius 2 is 1.93 bits per heavy atom. The Morgan fingerprint density at radius 1 is 1.21 bits per heavy atom. The summed E-state index contributed by atoms with van der Waals surface area (Å²) in [4.78, 5) is 28.4. The highest BCUT2D eigenvalue weighted by Gasteiger charge is 2.31. The number of hydrogen-bond donors (Lipinski definition) is 1. The minimum absolute atomic E-state index is 0.0303. The van der Waals surface area contributed by atoms with Crippen LogP contribution in [0.3, 0.4) is 0 Å². The minimum Gasteiger partial charge on any atom is -0.370 e. The average molecular weight is 395 g/mol. The highest BCUT2D eigenvalue weighted by atomic mass is 19.3. The van der Waals surface area contributed by atoms with Crippen LogP contribution in [0.4, 0.5) is 8.78 Å². The Kier molecular flexibility index (Phi) is 6.96. The fourth-order valence-corrected chi connectivity index (χ4v) is 3.68. The van der Waals surface area contributed by atoms with Gasteiger partial charge < -0.3 is 15.0 Å². The molecule has 2 aliphatic heterocycles. The first kappa shape index (κ1) is 20.7. The Balaban J connectivity index is 1.44. The van der Waals surface area contributed by atoms with E-state index in [9.17, 15) is 18.4 Å². The lowest BCUT2D eigenvalue weighted by atomic mass is 10.0. The molecule has 1 unspecified atom stereocenters. The number of nitrogens with one attached hydrogen (secondary N) is 1. The topological polar surface area (TPSA) is 61.9 Å². The van der Waals surface area contributed by atoms with Crippen LogP contribution in [0.2, 0.25) is 0 Å². The monoisotopic (exact) mass is 395 g/mol. The fraction of sp³-hybridized carbons (Fsp3) is 0.600. The van der Waals surface area contributed by atoms with Crippen LogP contribution in [0.25, 0.3) is 0 Å². The second-order valence-electron chi connectivity index (χ2n) is 7.42. The highest BCUT2D eigenvalue weighted by molar-refractivity contribution is 5.95. The lowest BCUT2D eigenvalue weighted by Crippen LogP contribution is -2.52. The van der Waals surface area contributed by atoms with Gasteiger partial charge in [0.15, 0.2) is 0 Å². The first-order chi connectivity index (χ1) is 13.4. The molecule has 1 N–H and O–H groups in total. The van der Waals surface area contributed by atoms with Gasteiger partial charge in [0, 0.05) is 37.8 Å². The first-order valence-electron chi connectivity index (χ1n) is 9.70. The molecule has 0 radical (unpaired) electrons. The number of halogens is 2. The zero-order valence-corrected chi connectivity index (χ0v) is 16.1. The number of likely N-dealkylation sites (tertiary alicyclic amines) is 1. The maximum Gasteiger partial charge on any atom is 0.265 e. The lowest BCUT2D eigenvalue weighted by molar-refractivity contribution is -0.139. The van der Waals surface area contributed by atoms with E-state index < -0.39 is 12.5 Å². The number of hydrogen-bond acceptors (Lipinski definition) is 4. The van der Waals surface area contributed by atoms with Gasteiger partial charge in [-0.05, 0) is 31.4 Å². The number of rotatable bonds is 5. The van der Waals surface area contributed by atoms with Crippen molar-refractivity contribution in [1.82, 2.24) is 15.1 Å². The maximum absolute atomic E-state index is 12.8. The molecule has 6 nitrogen and oxygen atoms in total. The molecule has 2 amide bonds. The third-order valence-corrected chi connectivity index (χ3v) is 5.39. The van der Waals surface area contributed by atoms with Crippen LogP contribution in [-0.2, 0) is 9.53 Å². The van der Waals surface area contributed by atoms with Gasteiger partial charge in [0.25, 0.3) is 12.3 Å². The van der Waals surface area contributed by atoms with Crippen molar-refractivity contribution in [3.8, 4) is 0 Å². The summed E-state index contributed by atoms with van der Waals surface area (Å²) >= 11 is 0. The third-order valence-electron chi connectivity index (χ3n) is 5.39. The lowest BCUT2D eigenvalue weighted by Gasteiger charge is -2.36. The van der Waals surface area contributed by atoms with Crippen molar-refractivity contribution in [3.05, 3.63) is 35.4 Å². The molecule has 2 fully saturated rings. The van der Waals surface area contributed by atoms with Crippen molar-refractivity contribution < 1.29 is 23.1 Å². The second kappa shape index (κ2) is 9.43. The summed E-state index contributed by atoms with van der Waals surface area (Å²) in [6.45, 7) is 3.92. The zero-order valence-electron chi connectivity index (χ0n) is 16.1. The molecule has 1 aromatic carbocycles. The molecular weight excluding hydrogens is 368 g/mol. The molecule has 0 aromatic heterocycles.